The molecule has 2 aromatic rings. The van der Waals surface area contributed by atoms with Crippen LogP contribution in [0.5, 0.6) is 0 Å². The number of carboxylic acids is 1. The summed E-state index contributed by atoms with van der Waals surface area (Å²) < 4.78 is 0. The number of aromatic carboxylic acids is 1. The Morgan fingerprint density at radius 3 is 2.48 bits per heavy atom. The van der Waals surface area contributed by atoms with Crippen molar-refractivity contribution in [3.05, 3.63) is 53.7 Å². The van der Waals surface area contributed by atoms with Crippen LogP contribution in [0.15, 0.2) is 42.6 Å². The fourth-order valence-corrected chi connectivity index (χ4v) is 3.24. The van der Waals surface area contributed by atoms with Crippen molar-refractivity contribution < 1.29 is 9.90 Å². The fraction of sp³-hybridized carbons (Fsp3) is 0.368. The molecular formula is C19H22N2O2. The molecule has 1 aliphatic heterocycles. The Morgan fingerprint density at radius 1 is 1.13 bits per heavy atom. The number of hydrogen-bond donors (Lipinski definition) is 1. The lowest BCUT2D eigenvalue weighted by Gasteiger charge is -2.32. The number of carbonyl (C=O) groups is 1. The first kappa shape index (κ1) is 15.7. The minimum atomic E-state index is -0.945. The van der Waals surface area contributed by atoms with E-state index in [2.05, 4.69) is 28.9 Å². The van der Waals surface area contributed by atoms with Crippen LogP contribution in [0.1, 0.15) is 48.1 Å². The number of likely N-dealkylation sites (tertiary alicyclic amines) is 1. The van der Waals surface area contributed by atoms with Crippen LogP contribution in [0.3, 0.4) is 0 Å². The number of rotatable bonds is 4. The maximum Gasteiger partial charge on any atom is 0.337 e. The number of benzene rings is 1. The number of piperidine rings is 1. The molecule has 1 saturated heterocycles. The highest BCUT2D eigenvalue weighted by atomic mass is 16.4. The normalized spacial score (nSPS) is 16.9. The van der Waals surface area contributed by atoms with Gasteiger partial charge in [-0.25, -0.2) is 4.79 Å². The molecule has 4 heteroatoms. The zero-order valence-electron chi connectivity index (χ0n) is 13.4. The summed E-state index contributed by atoms with van der Waals surface area (Å²) in [7, 11) is 0. The molecule has 4 nitrogen and oxygen atoms in total. The highest BCUT2D eigenvalue weighted by Crippen LogP contribution is 2.27. The minimum Gasteiger partial charge on any atom is -0.478 e. The SMILES string of the molecule is C[C@H](c1ccc(-c2ncccc2C(=O)O)cc1)N1CCCCC1. The first-order valence-electron chi connectivity index (χ1n) is 8.19. The van der Waals surface area contributed by atoms with Gasteiger partial charge in [0, 0.05) is 17.8 Å². The Morgan fingerprint density at radius 2 is 1.83 bits per heavy atom. The van der Waals surface area contributed by atoms with Crippen molar-refractivity contribution in [3.8, 4) is 11.3 Å². The van der Waals surface area contributed by atoms with E-state index in [4.69, 9.17) is 0 Å². The molecule has 0 saturated carbocycles. The lowest BCUT2D eigenvalue weighted by molar-refractivity contribution is 0.0697. The Labute approximate surface area is 136 Å². The molecular weight excluding hydrogens is 288 g/mol. The molecule has 0 aliphatic carbocycles. The third-order valence-electron chi connectivity index (χ3n) is 4.64. The second-order valence-electron chi connectivity index (χ2n) is 6.10. The maximum absolute atomic E-state index is 11.3. The van der Waals surface area contributed by atoms with Gasteiger partial charge in [0.2, 0.25) is 0 Å². The summed E-state index contributed by atoms with van der Waals surface area (Å²) in [5.74, 6) is -0.945. The number of nitrogens with zero attached hydrogens (tertiary/aromatic N) is 2. The average molecular weight is 310 g/mol. The molecule has 2 heterocycles. The molecule has 0 bridgehead atoms. The van der Waals surface area contributed by atoms with Crippen LogP contribution in [0, 0.1) is 0 Å². The summed E-state index contributed by atoms with van der Waals surface area (Å²) in [6.45, 7) is 4.56. The van der Waals surface area contributed by atoms with Gasteiger partial charge >= 0.3 is 5.97 Å². The monoisotopic (exact) mass is 310 g/mol. The van der Waals surface area contributed by atoms with Crippen molar-refractivity contribution >= 4 is 5.97 Å². The van der Waals surface area contributed by atoms with Gasteiger partial charge in [-0.2, -0.15) is 0 Å². The van der Waals surface area contributed by atoms with E-state index in [1.807, 2.05) is 12.1 Å². The van der Waals surface area contributed by atoms with Crippen LogP contribution in [-0.2, 0) is 0 Å². The van der Waals surface area contributed by atoms with Crippen molar-refractivity contribution in [2.75, 3.05) is 13.1 Å². The standard InChI is InChI=1S/C19H22N2O2/c1-14(21-12-3-2-4-13-21)15-7-9-16(10-8-15)18-17(19(22)23)6-5-11-20-18/h5-11,14H,2-4,12-13H2,1H3,(H,22,23)/t14-/m1/s1. The second-order valence-corrected chi connectivity index (χ2v) is 6.10. The van der Waals surface area contributed by atoms with Gasteiger partial charge in [-0.15, -0.1) is 0 Å². The Balaban J connectivity index is 1.83. The van der Waals surface area contributed by atoms with E-state index < -0.39 is 5.97 Å². The van der Waals surface area contributed by atoms with Gasteiger partial charge < -0.3 is 5.11 Å². The summed E-state index contributed by atoms with van der Waals surface area (Å²) in [6.07, 6.45) is 5.52. The topological polar surface area (TPSA) is 53.4 Å². The number of aromatic nitrogens is 1. The summed E-state index contributed by atoms with van der Waals surface area (Å²) in [4.78, 5) is 18.1. The van der Waals surface area contributed by atoms with Gasteiger partial charge in [0.25, 0.3) is 0 Å². The number of hydrogen-bond acceptors (Lipinski definition) is 3. The lowest BCUT2D eigenvalue weighted by Crippen LogP contribution is -2.32. The number of carboxylic acid groups (broad SMARTS) is 1. The van der Waals surface area contributed by atoms with Gasteiger partial charge in [-0.3, -0.25) is 9.88 Å². The van der Waals surface area contributed by atoms with Crippen LogP contribution in [-0.4, -0.2) is 34.0 Å². The van der Waals surface area contributed by atoms with E-state index in [0.29, 0.717) is 11.7 Å². The summed E-state index contributed by atoms with van der Waals surface area (Å²) >= 11 is 0. The van der Waals surface area contributed by atoms with E-state index in [1.54, 1.807) is 18.3 Å². The van der Waals surface area contributed by atoms with Gasteiger partial charge in [-0.1, -0.05) is 30.7 Å². The first-order chi connectivity index (χ1) is 11.2. The summed E-state index contributed by atoms with van der Waals surface area (Å²) in [6, 6.07) is 11.8. The minimum absolute atomic E-state index is 0.240. The van der Waals surface area contributed by atoms with Gasteiger partial charge in [0.05, 0.1) is 11.3 Å². The fourth-order valence-electron chi connectivity index (χ4n) is 3.24. The smallest absolute Gasteiger partial charge is 0.337 e. The van der Waals surface area contributed by atoms with Crippen molar-refractivity contribution in [1.29, 1.82) is 0 Å². The molecule has 3 rings (SSSR count). The maximum atomic E-state index is 11.3. The molecule has 0 unspecified atom stereocenters. The largest absolute Gasteiger partial charge is 0.478 e. The average Bonchev–Trinajstić information content (AvgIpc) is 2.62. The second kappa shape index (κ2) is 6.92. The molecule has 0 amide bonds. The predicted molar refractivity (Wildman–Crippen MR) is 90.5 cm³/mol. The van der Waals surface area contributed by atoms with E-state index in [9.17, 15) is 9.90 Å². The molecule has 1 aromatic heterocycles. The van der Waals surface area contributed by atoms with Crippen molar-refractivity contribution in [2.24, 2.45) is 0 Å². The van der Waals surface area contributed by atoms with Crippen molar-refractivity contribution in [2.45, 2.75) is 32.2 Å². The predicted octanol–water partition coefficient (Wildman–Crippen LogP) is 3.99. The number of pyridine rings is 1. The lowest BCUT2D eigenvalue weighted by atomic mass is 9.99. The van der Waals surface area contributed by atoms with Crippen LogP contribution >= 0.6 is 0 Å². The molecule has 120 valence electrons. The van der Waals surface area contributed by atoms with Gasteiger partial charge in [0.1, 0.15) is 0 Å². The molecule has 0 radical (unpaired) electrons. The third kappa shape index (κ3) is 3.42. The van der Waals surface area contributed by atoms with Crippen LogP contribution in [0.4, 0.5) is 0 Å². The molecule has 1 atom stereocenters. The molecule has 1 aliphatic rings. The Hall–Kier alpha value is -2.20. The van der Waals surface area contributed by atoms with E-state index in [0.717, 1.165) is 18.7 Å². The highest BCUT2D eigenvalue weighted by molar-refractivity contribution is 5.94. The van der Waals surface area contributed by atoms with Crippen LogP contribution < -0.4 is 0 Å². The summed E-state index contributed by atoms with van der Waals surface area (Å²) in [5.41, 5.74) is 2.88. The zero-order chi connectivity index (χ0) is 16.2. The Kier molecular flexibility index (Phi) is 4.72. The van der Waals surface area contributed by atoms with Crippen molar-refractivity contribution in [1.82, 2.24) is 9.88 Å². The third-order valence-corrected chi connectivity index (χ3v) is 4.64. The van der Waals surface area contributed by atoms with Crippen LogP contribution in [0.2, 0.25) is 0 Å². The van der Waals surface area contributed by atoms with Gasteiger partial charge in [-0.05, 0) is 50.6 Å². The van der Waals surface area contributed by atoms with E-state index in [-0.39, 0.29) is 5.56 Å². The quantitative estimate of drug-likeness (QED) is 0.927. The summed E-state index contributed by atoms with van der Waals surface area (Å²) in [5, 5.41) is 9.29. The molecule has 0 spiro atoms. The molecule has 1 N–H and O–H groups in total. The van der Waals surface area contributed by atoms with E-state index >= 15 is 0 Å². The van der Waals surface area contributed by atoms with Crippen LogP contribution in [0.25, 0.3) is 11.3 Å². The van der Waals surface area contributed by atoms with E-state index in [1.165, 1.54) is 24.8 Å². The zero-order valence-corrected chi connectivity index (χ0v) is 13.4. The molecule has 1 aromatic carbocycles. The molecule has 1 fully saturated rings. The van der Waals surface area contributed by atoms with Gasteiger partial charge in [0.15, 0.2) is 0 Å². The highest BCUT2D eigenvalue weighted by Gasteiger charge is 2.18. The van der Waals surface area contributed by atoms with Crippen molar-refractivity contribution in [3.63, 3.8) is 0 Å². The Bertz CT molecular complexity index is 676. The first-order valence-corrected chi connectivity index (χ1v) is 8.19. The molecule has 23 heavy (non-hydrogen) atoms.